The molecule has 0 radical (unpaired) electrons. The van der Waals surface area contributed by atoms with Gasteiger partial charge in [0.05, 0.1) is 12.1 Å². The third-order valence-electron chi connectivity index (χ3n) is 3.73. The van der Waals surface area contributed by atoms with Gasteiger partial charge in [0.1, 0.15) is 5.82 Å². The molecule has 1 heterocycles. The molecule has 3 aromatic rings. The van der Waals surface area contributed by atoms with Crippen LogP contribution in [0, 0.1) is 5.82 Å². The second kappa shape index (κ2) is 5.52. The average Bonchev–Trinajstić information content (AvgIpc) is 2.89. The second-order valence-corrected chi connectivity index (χ2v) is 5.12. The zero-order chi connectivity index (χ0) is 14.8. The van der Waals surface area contributed by atoms with Crippen molar-refractivity contribution in [2.75, 3.05) is 0 Å². The van der Waals surface area contributed by atoms with E-state index in [1.54, 1.807) is 10.6 Å². The van der Waals surface area contributed by atoms with Crippen LogP contribution in [-0.2, 0) is 13.0 Å². The quantitative estimate of drug-likeness (QED) is 0.656. The topological polar surface area (TPSA) is 22.0 Å². The highest BCUT2D eigenvalue weighted by Gasteiger charge is 2.09. The van der Waals surface area contributed by atoms with E-state index >= 15 is 0 Å². The lowest BCUT2D eigenvalue weighted by atomic mass is 10.1. The van der Waals surface area contributed by atoms with E-state index in [1.807, 2.05) is 36.5 Å². The Morgan fingerprint density at radius 1 is 1.10 bits per heavy atom. The van der Waals surface area contributed by atoms with E-state index in [0.717, 1.165) is 17.3 Å². The molecule has 0 spiro atoms. The molecule has 0 bridgehead atoms. The average molecular weight is 281 g/mol. The number of carbonyl (C=O) groups is 1. The summed E-state index contributed by atoms with van der Waals surface area (Å²) in [4.78, 5) is 12.3. The van der Waals surface area contributed by atoms with Crippen molar-refractivity contribution in [2.45, 2.75) is 19.9 Å². The number of aryl methyl sites for hydroxylation is 1. The van der Waals surface area contributed by atoms with E-state index in [2.05, 4.69) is 6.92 Å². The fourth-order valence-corrected chi connectivity index (χ4v) is 2.47. The largest absolute Gasteiger partial charge is 0.340 e. The molecule has 0 amide bonds. The molecule has 0 atom stereocenters. The zero-order valence-electron chi connectivity index (χ0n) is 11.8. The highest BCUT2D eigenvalue weighted by molar-refractivity contribution is 5.96. The molecule has 3 heteroatoms. The van der Waals surface area contributed by atoms with Crippen molar-refractivity contribution in [2.24, 2.45) is 0 Å². The van der Waals surface area contributed by atoms with Crippen molar-refractivity contribution in [3.63, 3.8) is 0 Å². The smallest absolute Gasteiger partial charge is 0.182 e. The first-order chi connectivity index (χ1) is 10.2. The summed E-state index contributed by atoms with van der Waals surface area (Å²) in [7, 11) is 0. The highest BCUT2D eigenvalue weighted by Crippen LogP contribution is 2.18. The van der Waals surface area contributed by atoms with Gasteiger partial charge in [0.2, 0.25) is 0 Å². The molecule has 0 saturated carbocycles. The molecule has 0 N–H and O–H groups in total. The van der Waals surface area contributed by atoms with Gasteiger partial charge >= 0.3 is 0 Å². The molecule has 2 aromatic carbocycles. The third kappa shape index (κ3) is 2.72. The summed E-state index contributed by atoms with van der Waals surface area (Å²) in [5.74, 6) is -0.262. The number of hydrogen-bond acceptors (Lipinski definition) is 1. The van der Waals surface area contributed by atoms with E-state index in [1.165, 1.54) is 17.7 Å². The maximum atomic E-state index is 13.3. The Bertz CT molecular complexity index is 787. The molecule has 0 aliphatic heterocycles. The number of Topliss-reactive ketones (excluding diaryl/α,β-unsaturated/α-hetero) is 1. The van der Waals surface area contributed by atoms with Crippen LogP contribution in [0.25, 0.3) is 10.9 Å². The molecule has 106 valence electrons. The first-order valence-corrected chi connectivity index (χ1v) is 7.04. The Morgan fingerprint density at radius 2 is 1.86 bits per heavy atom. The van der Waals surface area contributed by atoms with E-state index in [9.17, 15) is 9.18 Å². The SMILES string of the molecule is CCc1ccc(C(=O)Cn2ccc3ccc(F)cc32)cc1. The van der Waals surface area contributed by atoms with Crippen molar-refractivity contribution < 1.29 is 9.18 Å². The van der Waals surface area contributed by atoms with Gasteiger partial charge in [0.25, 0.3) is 0 Å². The molecule has 0 saturated heterocycles. The maximum absolute atomic E-state index is 13.3. The number of fused-ring (bicyclic) bond motifs is 1. The minimum Gasteiger partial charge on any atom is -0.340 e. The molecule has 3 rings (SSSR count). The van der Waals surface area contributed by atoms with E-state index in [4.69, 9.17) is 0 Å². The van der Waals surface area contributed by atoms with Gasteiger partial charge in [-0.25, -0.2) is 4.39 Å². The molecular weight excluding hydrogens is 265 g/mol. The first kappa shape index (κ1) is 13.6. The number of nitrogens with zero attached hydrogens (tertiary/aromatic N) is 1. The van der Waals surface area contributed by atoms with Gasteiger partial charge in [0.15, 0.2) is 5.78 Å². The molecule has 2 nitrogen and oxygen atoms in total. The zero-order valence-corrected chi connectivity index (χ0v) is 11.8. The molecular formula is C18H16FNO. The summed E-state index contributed by atoms with van der Waals surface area (Å²) >= 11 is 0. The predicted octanol–water partition coefficient (Wildman–Crippen LogP) is 4.23. The van der Waals surface area contributed by atoms with E-state index < -0.39 is 0 Å². The summed E-state index contributed by atoms with van der Waals surface area (Å²) in [5, 5.41) is 0.936. The lowest BCUT2D eigenvalue weighted by molar-refractivity contribution is 0.0973. The van der Waals surface area contributed by atoms with Crippen LogP contribution >= 0.6 is 0 Å². The molecule has 0 aliphatic rings. The highest BCUT2D eigenvalue weighted by atomic mass is 19.1. The summed E-state index contributed by atoms with van der Waals surface area (Å²) < 4.78 is 15.1. The maximum Gasteiger partial charge on any atom is 0.182 e. The van der Waals surface area contributed by atoms with Crippen LogP contribution in [0.5, 0.6) is 0 Å². The number of carbonyl (C=O) groups excluding carboxylic acids is 1. The van der Waals surface area contributed by atoms with Crippen molar-refractivity contribution in [3.8, 4) is 0 Å². The normalized spacial score (nSPS) is 11.0. The summed E-state index contributed by atoms with van der Waals surface area (Å²) in [5.41, 5.74) is 2.64. The Balaban J connectivity index is 1.87. The Labute approximate surface area is 122 Å². The minimum atomic E-state index is -0.290. The summed E-state index contributed by atoms with van der Waals surface area (Å²) in [6.45, 7) is 2.30. The van der Waals surface area contributed by atoms with Crippen molar-refractivity contribution >= 4 is 16.7 Å². The molecule has 1 aromatic heterocycles. The second-order valence-electron chi connectivity index (χ2n) is 5.12. The third-order valence-corrected chi connectivity index (χ3v) is 3.73. The van der Waals surface area contributed by atoms with Crippen LogP contribution in [-0.4, -0.2) is 10.4 Å². The van der Waals surface area contributed by atoms with Gasteiger partial charge < -0.3 is 4.57 Å². The van der Waals surface area contributed by atoms with Gasteiger partial charge in [-0.05, 0) is 41.6 Å². The molecule has 0 unspecified atom stereocenters. The number of hydrogen-bond donors (Lipinski definition) is 0. The number of aromatic nitrogens is 1. The fraction of sp³-hybridized carbons (Fsp3) is 0.167. The van der Waals surface area contributed by atoms with Gasteiger partial charge in [0, 0.05) is 11.8 Å². The minimum absolute atomic E-state index is 0.0272. The lowest BCUT2D eigenvalue weighted by Gasteiger charge is -2.06. The predicted molar refractivity (Wildman–Crippen MR) is 82.0 cm³/mol. The summed E-state index contributed by atoms with van der Waals surface area (Å²) in [6.07, 6.45) is 2.78. The Kier molecular flexibility index (Phi) is 3.57. The van der Waals surface area contributed by atoms with Crippen molar-refractivity contribution in [3.05, 3.63) is 71.7 Å². The number of halogens is 1. The molecule has 0 fully saturated rings. The van der Waals surface area contributed by atoms with Crippen molar-refractivity contribution in [1.29, 1.82) is 0 Å². The molecule has 21 heavy (non-hydrogen) atoms. The van der Waals surface area contributed by atoms with E-state index in [-0.39, 0.29) is 18.1 Å². The number of ketones is 1. The lowest BCUT2D eigenvalue weighted by Crippen LogP contribution is -2.09. The Morgan fingerprint density at radius 3 is 2.57 bits per heavy atom. The standard InChI is InChI=1S/C18H16FNO/c1-2-13-3-5-15(6-4-13)18(21)12-20-10-9-14-7-8-16(19)11-17(14)20/h3-11H,2,12H2,1H3. The van der Waals surface area contributed by atoms with Crippen LogP contribution in [0.1, 0.15) is 22.8 Å². The van der Waals surface area contributed by atoms with Crippen LogP contribution < -0.4 is 0 Å². The number of benzene rings is 2. The van der Waals surface area contributed by atoms with E-state index in [0.29, 0.717) is 5.56 Å². The van der Waals surface area contributed by atoms with Crippen LogP contribution in [0.15, 0.2) is 54.7 Å². The summed E-state index contributed by atoms with van der Waals surface area (Å²) in [6, 6.07) is 14.2. The van der Waals surface area contributed by atoms with Crippen LogP contribution in [0.3, 0.4) is 0 Å². The van der Waals surface area contributed by atoms with Gasteiger partial charge in [-0.3, -0.25) is 4.79 Å². The van der Waals surface area contributed by atoms with Crippen molar-refractivity contribution in [1.82, 2.24) is 4.57 Å². The van der Waals surface area contributed by atoms with Gasteiger partial charge in [-0.15, -0.1) is 0 Å². The van der Waals surface area contributed by atoms with Gasteiger partial charge in [-0.2, -0.15) is 0 Å². The van der Waals surface area contributed by atoms with Crippen LogP contribution in [0.4, 0.5) is 4.39 Å². The molecule has 0 aliphatic carbocycles. The van der Waals surface area contributed by atoms with Gasteiger partial charge in [-0.1, -0.05) is 31.2 Å². The fourth-order valence-electron chi connectivity index (χ4n) is 2.47. The Hall–Kier alpha value is -2.42. The first-order valence-electron chi connectivity index (χ1n) is 7.04. The van der Waals surface area contributed by atoms with Crippen LogP contribution in [0.2, 0.25) is 0 Å². The number of rotatable bonds is 4. The monoisotopic (exact) mass is 281 g/mol.